The molecule has 1 radical (unpaired) electrons. The summed E-state index contributed by atoms with van der Waals surface area (Å²) in [5, 5.41) is 1.12. The van der Waals surface area contributed by atoms with E-state index in [0.29, 0.717) is 38.7 Å². The third-order valence-corrected chi connectivity index (χ3v) is 10.7. The number of pyridine rings is 2. The molecule has 3 heterocycles. The monoisotopic (exact) mass is 1030 g/mol. The van der Waals surface area contributed by atoms with E-state index in [1.807, 2.05) is 84.0 Å². The third kappa shape index (κ3) is 9.90. The first-order valence-electron chi connectivity index (χ1n) is 29.1. The van der Waals surface area contributed by atoms with Crippen LogP contribution in [0.3, 0.4) is 0 Å². The maximum absolute atomic E-state index is 8.52. The van der Waals surface area contributed by atoms with Crippen LogP contribution in [0.25, 0.3) is 77.8 Å². The molecule has 6 aromatic carbocycles. The zero-order valence-electron chi connectivity index (χ0n) is 53.4. The van der Waals surface area contributed by atoms with Gasteiger partial charge in [0.15, 0.2) is 0 Å². The summed E-state index contributed by atoms with van der Waals surface area (Å²) in [7, 11) is 0. The maximum Gasteiger partial charge on any atom is 0.123 e. The predicted octanol–water partition coefficient (Wildman–Crippen LogP) is 16.4. The number of aryl methyl sites for hydroxylation is 5. The van der Waals surface area contributed by atoms with Gasteiger partial charge in [-0.25, -0.2) is 0 Å². The number of rotatable bonds is 6. The molecular weight excluding hydrogens is 957 g/mol. The van der Waals surface area contributed by atoms with Gasteiger partial charge in [0.05, 0.1) is 5.58 Å². The van der Waals surface area contributed by atoms with Crippen molar-refractivity contribution in [2.75, 3.05) is 0 Å². The van der Waals surface area contributed by atoms with Gasteiger partial charge in [0.2, 0.25) is 0 Å². The molecule has 0 spiro atoms. The SMILES string of the molecule is [2H]C([2H])([2H])c1c[c-]c(-c2ccc(C([2H])([2H])C(C)(C)C)cn2)cc1-c1ccccc1.[2H]C([2H])([2H])c1cc(-c2cc(-c3[c-]ccc4c3oc3c(C([2H])([2H])[2H])cccc34)ncc2C([2H])([2H])[2H])c(C([2H])([2H])[2H])cc1-c1ccc(C(C)(C)C)cc1.[Ir]. The Morgan fingerprint density at radius 2 is 1.22 bits per heavy atom. The average molecular weight is 1030 g/mol. The predicted molar refractivity (Wildman–Crippen MR) is 266 cm³/mol. The van der Waals surface area contributed by atoms with Gasteiger partial charge in [-0.3, -0.25) is 0 Å². The van der Waals surface area contributed by atoms with Crippen LogP contribution >= 0.6 is 0 Å². The summed E-state index contributed by atoms with van der Waals surface area (Å²) in [6, 6.07) is 41.7. The fraction of sp³-hybridized carbons (Fsp3) is 0.233. The topological polar surface area (TPSA) is 38.9 Å². The van der Waals surface area contributed by atoms with Gasteiger partial charge < -0.3 is 14.4 Å². The van der Waals surface area contributed by atoms with E-state index < -0.39 is 46.0 Å². The molecule has 64 heavy (non-hydrogen) atoms. The Morgan fingerprint density at radius 1 is 0.562 bits per heavy atom. The fourth-order valence-corrected chi connectivity index (χ4v) is 7.54. The molecule has 0 bridgehead atoms. The third-order valence-electron chi connectivity index (χ3n) is 10.7. The van der Waals surface area contributed by atoms with Crippen LogP contribution in [0.5, 0.6) is 0 Å². The summed E-state index contributed by atoms with van der Waals surface area (Å²) in [5.41, 5.74) is 4.50. The van der Waals surface area contributed by atoms with Crippen molar-refractivity contribution in [3.8, 4) is 55.9 Å². The molecule has 0 saturated heterocycles. The van der Waals surface area contributed by atoms with Crippen molar-refractivity contribution in [3.05, 3.63) is 191 Å². The van der Waals surface area contributed by atoms with Gasteiger partial charge >= 0.3 is 0 Å². The summed E-state index contributed by atoms with van der Waals surface area (Å²) in [6.45, 7) is -1.26. The van der Waals surface area contributed by atoms with Crippen LogP contribution in [0.2, 0.25) is 0 Å². The molecule has 9 aromatic rings. The van der Waals surface area contributed by atoms with Gasteiger partial charge in [-0.2, -0.15) is 0 Å². The van der Waals surface area contributed by atoms with Crippen LogP contribution in [-0.2, 0) is 31.9 Å². The number of fused-ring (bicyclic) bond motifs is 3. The number of benzene rings is 6. The Bertz CT molecular complexity index is 3730. The van der Waals surface area contributed by atoms with Crippen molar-refractivity contribution in [1.29, 1.82) is 0 Å². The first-order valence-corrected chi connectivity index (χ1v) is 20.6. The van der Waals surface area contributed by atoms with Gasteiger partial charge in [0, 0.05) is 61.2 Å². The summed E-state index contributed by atoms with van der Waals surface area (Å²) >= 11 is 0. The van der Waals surface area contributed by atoms with E-state index in [2.05, 4.69) is 22.1 Å². The van der Waals surface area contributed by atoms with Gasteiger partial charge in [0.1, 0.15) is 5.58 Å². The number of nitrogens with zero attached hydrogens (tertiary/aromatic N) is 2. The number of aromatic nitrogens is 2. The van der Waals surface area contributed by atoms with Crippen LogP contribution < -0.4 is 0 Å². The number of hydrogen-bond acceptors (Lipinski definition) is 3. The van der Waals surface area contributed by atoms with Crippen LogP contribution in [0.1, 0.15) is 104 Å². The zero-order chi connectivity index (χ0) is 58.9. The van der Waals surface area contributed by atoms with Crippen LogP contribution in [-0.4, -0.2) is 9.97 Å². The molecule has 0 N–H and O–H groups in total. The van der Waals surface area contributed by atoms with Gasteiger partial charge in [-0.05, 0) is 117 Å². The number of hydrogen-bond donors (Lipinski definition) is 0. The van der Waals surface area contributed by atoms with E-state index in [4.69, 9.17) is 27.7 Å². The van der Waals surface area contributed by atoms with Crippen LogP contribution in [0.15, 0.2) is 144 Å². The Morgan fingerprint density at radius 3 is 1.91 bits per heavy atom. The molecule has 0 saturated carbocycles. The fourth-order valence-electron chi connectivity index (χ4n) is 7.54. The minimum atomic E-state index is -2.78. The smallest absolute Gasteiger partial charge is 0.123 e. The summed E-state index contributed by atoms with van der Waals surface area (Å²) < 4.78 is 146. The van der Waals surface area contributed by atoms with E-state index in [9.17, 15) is 0 Å². The molecule has 0 atom stereocenters. The van der Waals surface area contributed by atoms with Gasteiger partial charge in [-0.1, -0.05) is 168 Å². The normalized spacial score (nSPS) is 16.8. The summed E-state index contributed by atoms with van der Waals surface area (Å²) in [5.74, 6) is 0. The molecule has 0 aliphatic carbocycles. The summed E-state index contributed by atoms with van der Waals surface area (Å²) in [4.78, 5) is 8.88. The van der Waals surface area contributed by atoms with Crippen molar-refractivity contribution in [2.24, 2.45) is 5.41 Å². The largest absolute Gasteiger partial charge is 0.500 e. The molecule has 3 nitrogen and oxygen atoms in total. The molecule has 325 valence electrons. The number of para-hydroxylation sites is 1. The second kappa shape index (κ2) is 18.7. The molecule has 0 aliphatic rings. The Kier molecular flexibility index (Phi) is 8.39. The molecule has 4 heteroatoms. The van der Waals surface area contributed by atoms with Crippen molar-refractivity contribution in [3.63, 3.8) is 0 Å². The quantitative estimate of drug-likeness (QED) is 0.156. The van der Waals surface area contributed by atoms with Crippen molar-refractivity contribution in [1.82, 2.24) is 9.97 Å². The Labute approximate surface area is 418 Å². The van der Waals surface area contributed by atoms with Gasteiger partial charge in [-0.15, -0.1) is 47.5 Å². The molecular formula is C60H58IrN2O-2. The second-order valence-corrected chi connectivity index (χ2v) is 17.6. The van der Waals surface area contributed by atoms with E-state index in [1.165, 1.54) is 30.3 Å². The van der Waals surface area contributed by atoms with E-state index >= 15 is 0 Å². The standard InChI is InChI=1S/C37H34NO.C23H24N.Ir/c1-22-10-8-11-28-29-12-9-13-30(36(29)39-35(22)28)34-20-33(25(4)21-38-34)32-19-23(2)31(18-24(32)3)26-14-16-27(17-15-26)37(5,6)7;1-17-10-12-20(14-21(17)19-8-6-5-7-9-19)22-13-11-18(16-24-22)15-23(2,3)4;/h8-12,14-21H,1-7H3;5-11,13-14,16H,15H2,1-4H3;/q2*-1;/i1D3,2D3,3D3,4D3;1D3,15D2;. The first kappa shape index (κ1) is 28.8. The number of furan rings is 1. The van der Waals surface area contributed by atoms with Gasteiger partial charge in [0.25, 0.3) is 0 Å². The Hall–Kier alpha value is -5.93. The Balaban J connectivity index is 0.000000268. The molecule has 9 rings (SSSR count). The minimum Gasteiger partial charge on any atom is -0.500 e. The molecule has 0 aliphatic heterocycles. The molecule has 0 fully saturated rings. The van der Waals surface area contributed by atoms with Crippen LogP contribution in [0, 0.1) is 51.8 Å². The van der Waals surface area contributed by atoms with Crippen LogP contribution in [0.4, 0.5) is 0 Å². The summed E-state index contributed by atoms with van der Waals surface area (Å²) in [6.07, 6.45) is 1.15. The average Bonchev–Trinajstić information content (AvgIpc) is 3.76. The molecule has 0 unspecified atom stereocenters. The van der Waals surface area contributed by atoms with E-state index in [0.717, 1.165) is 17.3 Å². The first-order chi connectivity index (χ1) is 36.9. The minimum absolute atomic E-state index is 0. The maximum atomic E-state index is 8.52. The zero-order valence-corrected chi connectivity index (χ0v) is 38.8. The molecule has 3 aromatic heterocycles. The van der Waals surface area contributed by atoms with Crippen molar-refractivity contribution < 1.29 is 47.8 Å². The van der Waals surface area contributed by atoms with Crippen molar-refractivity contribution in [2.45, 2.75) is 87.6 Å². The van der Waals surface area contributed by atoms with Crippen molar-refractivity contribution >= 4 is 21.9 Å². The molecule has 0 amide bonds. The van der Waals surface area contributed by atoms with E-state index in [1.54, 1.807) is 60.8 Å². The second-order valence-electron chi connectivity index (χ2n) is 17.6. The van der Waals surface area contributed by atoms with E-state index in [-0.39, 0.29) is 92.5 Å².